The minimum Gasteiger partial charge on any atom is -0.307 e. The van der Waals surface area contributed by atoms with Crippen molar-refractivity contribution in [1.29, 1.82) is 0 Å². The molecule has 1 aromatic heterocycles. The van der Waals surface area contributed by atoms with Crippen LogP contribution in [0.1, 0.15) is 44.0 Å². The van der Waals surface area contributed by atoms with Crippen LogP contribution in [0.25, 0.3) is 0 Å². The Kier molecular flexibility index (Phi) is 3.24. The van der Waals surface area contributed by atoms with E-state index in [9.17, 15) is 0 Å². The van der Waals surface area contributed by atoms with Crippen LogP contribution in [0.5, 0.6) is 0 Å². The number of thiophene rings is 1. The van der Waals surface area contributed by atoms with Gasteiger partial charge in [-0.3, -0.25) is 0 Å². The minimum atomic E-state index is 0.533. The summed E-state index contributed by atoms with van der Waals surface area (Å²) in [7, 11) is 0. The van der Waals surface area contributed by atoms with Crippen LogP contribution < -0.4 is 5.32 Å². The monoisotopic (exact) mass is 209 g/mol. The molecule has 78 valence electrons. The van der Waals surface area contributed by atoms with Gasteiger partial charge in [-0.2, -0.15) is 0 Å². The van der Waals surface area contributed by atoms with E-state index < -0.39 is 0 Å². The third kappa shape index (κ3) is 2.37. The van der Waals surface area contributed by atoms with E-state index in [-0.39, 0.29) is 0 Å². The van der Waals surface area contributed by atoms with Crippen molar-refractivity contribution in [3.63, 3.8) is 0 Å². The second kappa shape index (κ2) is 4.45. The van der Waals surface area contributed by atoms with E-state index in [1.807, 2.05) is 11.3 Å². The van der Waals surface area contributed by atoms with Crippen LogP contribution in [0.3, 0.4) is 0 Å². The van der Waals surface area contributed by atoms with E-state index in [2.05, 4.69) is 36.7 Å². The number of hydrogen-bond acceptors (Lipinski definition) is 2. The highest BCUT2D eigenvalue weighted by Crippen LogP contribution is 2.27. The van der Waals surface area contributed by atoms with E-state index in [1.54, 1.807) is 0 Å². The van der Waals surface area contributed by atoms with E-state index in [0.29, 0.717) is 6.04 Å². The molecule has 1 saturated carbocycles. The van der Waals surface area contributed by atoms with Gasteiger partial charge in [-0.05, 0) is 43.6 Å². The lowest BCUT2D eigenvalue weighted by Gasteiger charge is -2.18. The van der Waals surface area contributed by atoms with Gasteiger partial charge in [0.1, 0.15) is 0 Å². The summed E-state index contributed by atoms with van der Waals surface area (Å²) in [6.07, 6.45) is 4.11. The summed E-state index contributed by atoms with van der Waals surface area (Å²) in [5.74, 6) is 0.919. The summed E-state index contributed by atoms with van der Waals surface area (Å²) in [6, 6.07) is 5.64. The Morgan fingerprint density at radius 3 is 2.93 bits per heavy atom. The molecule has 0 radical (unpaired) electrons. The van der Waals surface area contributed by atoms with Gasteiger partial charge in [-0.25, -0.2) is 0 Å². The molecule has 1 heterocycles. The number of rotatable bonds is 3. The molecule has 3 atom stereocenters. The topological polar surface area (TPSA) is 12.0 Å². The maximum Gasteiger partial charge on any atom is 0.0388 e. The molecule has 0 amide bonds. The van der Waals surface area contributed by atoms with Gasteiger partial charge in [0.15, 0.2) is 0 Å². The molecule has 1 aromatic rings. The van der Waals surface area contributed by atoms with Crippen molar-refractivity contribution in [3.05, 3.63) is 22.4 Å². The Hall–Kier alpha value is -0.340. The molecule has 1 nitrogen and oxygen atoms in total. The maximum atomic E-state index is 3.72. The normalized spacial score (nSPS) is 29.3. The van der Waals surface area contributed by atoms with E-state index in [0.717, 1.165) is 12.0 Å². The zero-order valence-electron chi connectivity index (χ0n) is 8.99. The zero-order chi connectivity index (χ0) is 9.97. The van der Waals surface area contributed by atoms with E-state index in [4.69, 9.17) is 0 Å². The molecule has 1 fully saturated rings. The minimum absolute atomic E-state index is 0.533. The Morgan fingerprint density at radius 2 is 2.36 bits per heavy atom. The molecule has 2 heteroatoms. The SMILES string of the molecule is CC1CCC(N[C@H](C)c2cccs2)C1. The fourth-order valence-corrected chi connectivity index (χ4v) is 3.08. The van der Waals surface area contributed by atoms with Crippen LogP contribution in [0.2, 0.25) is 0 Å². The number of nitrogens with one attached hydrogen (secondary N) is 1. The van der Waals surface area contributed by atoms with Crippen molar-refractivity contribution in [3.8, 4) is 0 Å². The summed E-state index contributed by atoms with van der Waals surface area (Å²) in [5.41, 5.74) is 0. The highest BCUT2D eigenvalue weighted by Gasteiger charge is 2.22. The standard InChI is InChI=1S/C12H19NS/c1-9-5-6-11(8-9)13-10(2)12-4-3-7-14-12/h3-4,7,9-11,13H,5-6,8H2,1-2H3/t9?,10-,11?/m1/s1. The Morgan fingerprint density at radius 1 is 1.50 bits per heavy atom. The van der Waals surface area contributed by atoms with Crippen molar-refractivity contribution in [2.24, 2.45) is 5.92 Å². The van der Waals surface area contributed by atoms with Gasteiger partial charge in [0.2, 0.25) is 0 Å². The lowest BCUT2D eigenvalue weighted by atomic mass is 10.1. The summed E-state index contributed by atoms with van der Waals surface area (Å²) in [5, 5.41) is 5.88. The Balaban J connectivity index is 1.86. The van der Waals surface area contributed by atoms with Crippen molar-refractivity contribution in [2.45, 2.75) is 45.2 Å². The molecule has 14 heavy (non-hydrogen) atoms. The van der Waals surface area contributed by atoms with Gasteiger partial charge in [-0.1, -0.05) is 13.0 Å². The smallest absolute Gasteiger partial charge is 0.0388 e. The molecule has 1 N–H and O–H groups in total. The van der Waals surface area contributed by atoms with Gasteiger partial charge in [0.05, 0.1) is 0 Å². The molecule has 1 aliphatic carbocycles. The van der Waals surface area contributed by atoms with Crippen molar-refractivity contribution < 1.29 is 0 Å². The summed E-state index contributed by atoms with van der Waals surface area (Å²) in [6.45, 7) is 4.63. The zero-order valence-corrected chi connectivity index (χ0v) is 9.81. The van der Waals surface area contributed by atoms with Crippen LogP contribution in [0, 0.1) is 5.92 Å². The highest BCUT2D eigenvalue weighted by molar-refractivity contribution is 7.10. The lowest BCUT2D eigenvalue weighted by Crippen LogP contribution is -2.28. The number of hydrogen-bond donors (Lipinski definition) is 1. The second-order valence-electron chi connectivity index (χ2n) is 4.52. The van der Waals surface area contributed by atoms with Crippen LogP contribution in [-0.4, -0.2) is 6.04 Å². The molecule has 0 bridgehead atoms. The molecule has 0 saturated heterocycles. The first-order valence-corrected chi connectivity index (χ1v) is 6.43. The fourth-order valence-electron chi connectivity index (χ4n) is 2.33. The van der Waals surface area contributed by atoms with E-state index in [1.165, 1.54) is 24.1 Å². The lowest BCUT2D eigenvalue weighted by molar-refractivity contribution is 0.453. The molecule has 2 rings (SSSR count). The van der Waals surface area contributed by atoms with Gasteiger partial charge >= 0.3 is 0 Å². The molecule has 0 aliphatic heterocycles. The van der Waals surface area contributed by atoms with Crippen LogP contribution in [-0.2, 0) is 0 Å². The van der Waals surface area contributed by atoms with Gasteiger partial charge in [0.25, 0.3) is 0 Å². The quantitative estimate of drug-likeness (QED) is 0.802. The molecule has 0 spiro atoms. The van der Waals surface area contributed by atoms with Gasteiger partial charge in [-0.15, -0.1) is 11.3 Å². The molecule has 1 aliphatic rings. The first-order chi connectivity index (χ1) is 6.75. The predicted molar refractivity (Wildman–Crippen MR) is 62.7 cm³/mol. The van der Waals surface area contributed by atoms with E-state index >= 15 is 0 Å². The molecule has 0 aromatic carbocycles. The average molecular weight is 209 g/mol. The summed E-state index contributed by atoms with van der Waals surface area (Å²) >= 11 is 1.85. The molecular formula is C12H19NS. The Labute approximate surface area is 90.5 Å². The summed E-state index contributed by atoms with van der Waals surface area (Å²) < 4.78 is 0. The maximum absolute atomic E-state index is 3.72. The Bertz CT molecular complexity index is 268. The molecular weight excluding hydrogens is 190 g/mol. The van der Waals surface area contributed by atoms with Crippen LogP contribution in [0.4, 0.5) is 0 Å². The van der Waals surface area contributed by atoms with Gasteiger partial charge < -0.3 is 5.32 Å². The van der Waals surface area contributed by atoms with Crippen LogP contribution >= 0.6 is 11.3 Å². The second-order valence-corrected chi connectivity index (χ2v) is 5.50. The van der Waals surface area contributed by atoms with Crippen LogP contribution in [0.15, 0.2) is 17.5 Å². The van der Waals surface area contributed by atoms with Gasteiger partial charge in [0, 0.05) is 17.0 Å². The van der Waals surface area contributed by atoms with Crippen molar-refractivity contribution in [2.75, 3.05) is 0 Å². The third-order valence-corrected chi connectivity index (χ3v) is 4.21. The third-order valence-electron chi connectivity index (χ3n) is 3.15. The van der Waals surface area contributed by atoms with Crippen molar-refractivity contribution >= 4 is 11.3 Å². The average Bonchev–Trinajstić information content (AvgIpc) is 2.75. The summed E-state index contributed by atoms with van der Waals surface area (Å²) in [4.78, 5) is 1.46. The predicted octanol–water partition coefficient (Wildman–Crippen LogP) is 3.59. The first-order valence-electron chi connectivity index (χ1n) is 5.55. The largest absolute Gasteiger partial charge is 0.307 e. The fraction of sp³-hybridized carbons (Fsp3) is 0.667. The molecule has 2 unspecified atom stereocenters. The first kappa shape index (κ1) is 10.2. The highest BCUT2D eigenvalue weighted by atomic mass is 32.1. The van der Waals surface area contributed by atoms with Crippen molar-refractivity contribution in [1.82, 2.24) is 5.32 Å².